The Morgan fingerprint density at radius 1 is 1.15 bits per heavy atom. The van der Waals surface area contributed by atoms with Gasteiger partial charge in [0.05, 0.1) is 17.4 Å². The normalized spacial score (nSPS) is 37.6. The van der Waals surface area contributed by atoms with E-state index in [1.54, 1.807) is 0 Å². The molecule has 0 radical (unpaired) electrons. The number of carboxylic acids is 1. The molecule has 2 unspecified atom stereocenters. The standard InChI is InChI=1S/C15H25NO4/c1-10-5-7-15(20,8-6-10)9-16-13(17)11-3-2-4-12(11)14(18)19/h10-12,20H,2-9H2,1H3,(H,16,17)(H,18,19). The molecule has 5 heteroatoms. The average Bonchev–Trinajstić information content (AvgIpc) is 2.89. The van der Waals surface area contributed by atoms with Gasteiger partial charge in [-0.15, -0.1) is 0 Å². The van der Waals surface area contributed by atoms with Gasteiger partial charge in [0.2, 0.25) is 5.91 Å². The summed E-state index contributed by atoms with van der Waals surface area (Å²) in [7, 11) is 0. The third-order valence-corrected chi connectivity index (χ3v) is 4.97. The topological polar surface area (TPSA) is 86.6 Å². The van der Waals surface area contributed by atoms with E-state index in [0.717, 1.165) is 19.3 Å². The van der Waals surface area contributed by atoms with Gasteiger partial charge in [0, 0.05) is 6.54 Å². The third kappa shape index (κ3) is 3.51. The van der Waals surface area contributed by atoms with Crippen LogP contribution in [0, 0.1) is 17.8 Å². The van der Waals surface area contributed by atoms with Gasteiger partial charge >= 0.3 is 5.97 Å². The van der Waals surface area contributed by atoms with Crippen LogP contribution in [0.15, 0.2) is 0 Å². The van der Waals surface area contributed by atoms with Crippen LogP contribution in [0.25, 0.3) is 0 Å². The summed E-state index contributed by atoms with van der Waals surface area (Å²) in [6.07, 6.45) is 5.38. The maximum absolute atomic E-state index is 12.1. The predicted molar refractivity (Wildman–Crippen MR) is 74.1 cm³/mol. The highest BCUT2D eigenvalue weighted by molar-refractivity contribution is 5.85. The number of carbonyl (C=O) groups is 2. The maximum Gasteiger partial charge on any atom is 0.307 e. The van der Waals surface area contributed by atoms with Crippen molar-refractivity contribution >= 4 is 11.9 Å². The van der Waals surface area contributed by atoms with E-state index in [-0.39, 0.29) is 12.5 Å². The molecule has 2 saturated carbocycles. The summed E-state index contributed by atoms with van der Waals surface area (Å²) in [5, 5.41) is 22.3. The first kappa shape index (κ1) is 15.3. The zero-order valence-corrected chi connectivity index (χ0v) is 12.1. The fourth-order valence-electron chi connectivity index (χ4n) is 3.43. The highest BCUT2D eigenvalue weighted by Gasteiger charge is 2.39. The molecule has 2 atom stereocenters. The summed E-state index contributed by atoms with van der Waals surface area (Å²) in [4.78, 5) is 23.2. The average molecular weight is 283 g/mol. The van der Waals surface area contributed by atoms with Crippen molar-refractivity contribution in [3.63, 3.8) is 0 Å². The predicted octanol–water partition coefficient (Wildman–Crippen LogP) is 1.54. The number of nitrogens with one attached hydrogen (secondary N) is 1. The van der Waals surface area contributed by atoms with Gasteiger partial charge in [0.15, 0.2) is 0 Å². The number of hydrogen-bond acceptors (Lipinski definition) is 3. The summed E-state index contributed by atoms with van der Waals surface area (Å²) in [5.74, 6) is -1.44. The van der Waals surface area contributed by atoms with E-state index < -0.39 is 23.4 Å². The van der Waals surface area contributed by atoms with Gasteiger partial charge in [-0.2, -0.15) is 0 Å². The van der Waals surface area contributed by atoms with Gasteiger partial charge in [0.1, 0.15) is 0 Å². The van der Waals surface area contributed by atoms with Crippen molar-refractivity contribution in [2.24, 2.45) is 17.8 Å². The molecule has 0 heterocycles. The highest BCUT2D eigenvalue weighted by atomic mass is 16.4. The molecular weight excluding hydrogens is 258 g/mol. The lowest BCUT2D eigenvalue weighted by atomic mass is 9.79. The molecule has 0 aromatic heterocycles. The maximum atomic E-state index is 12.1. The van der Waals surface area contributed by atoms with Crippen molar-refractivity contribution in [2.75, 3.05) is 6.54 Å². The second kappa shape index (κ2) is 6.12. The molecule has 2 rings (SSSR count). The molecule has 1 amide bonds. The Hall–Kier alpha value is -1.10. The smallest absolute Gasteiger partial charge is 0.307 e. The van der Waals surface area contributed by atoms with Crippen LogP contribution in [-0.2, 0) is 9.59 Å². The van der Waals surface area contributed by atoms with E-state index in [1.165, 1.54) is 0 Å². The highest BCUT2D eigenvalue weighted by Crippen LogP contribution is 2.33. The number of rotatable bonds is 4. The van der Waals surface area contributed by atoms with Gasteiger partial charge in [0.25, 0.3) is 0 Å². The van der Waals surface area contributed by atoms with Gasteiger partial charge in [-0.3, -0.25) is 9.59 Å². The van der Waals surface area contributed by atoms with Crippen molar-refractivity contribution in [3.05, 3.63) is 0 Å². The summed E-state index contributed by atoms with van der Waals surface area (Å²) in [6, 6.07) is 0. The van der Waals surface area contributed by atoms with E-state index in [0.29, 0.717) is 31.6 Å². The minimum atomic E-state index is -0.882. The largest absolute Gasteiger partial charge is 0.481 e. The van der Waals surface area contributed by atoms with Gasteiger partial charge in [-0.25, -0.2) is 0 Å². The second-order valence-electron chi connectivity index (χ2n) is 6.61. The van der Waals surface area contributed by atoms with Gasteiger partial charge in [-0.1, -0.05) is 13.3 Å². The molecule has 114 valence electrons. The van der Waals surface area contributed by atoms with E-state index in [9.17, 15) is 14.7 Å². The number of carbonyl (C=O) groups excluding carboxylic acids is 1. The molecule has 5 nitrogen and oxygen atoms in total. The third-order valence-electron chi connectivity index (χ3n) is 4.97. The Bertz CT molecular complexity index is 374. The first-order chi connectivity index (χ1) is 9.41. The zero-order chi connectivity index (χ0) is 14.8. The Kier molecular flexibility index (Phi) is 4.68. The van der Waals surface area contributed by atoms with Crippen LogP contribution in [-0.4, -0.2) is 34.2 Å². The summed E-state index contributed by atoms with van der Waals surface area (Å²) < 4.78 is 0. The molecule has 0 bridgehead atoms. The lowest BCUT2D eigenvalue weighted by Gasteiger charge is -2.35. The van der Waals surface area contributed by atoms with Crippen molar-refractivity contribution in [1.82, 2.24) is 5.32 Å². The number of amides is 1. The van der Waals surface area contributed by atoms with E-state index in [2.05, 4.69) is 12.2 Å². The van der Waals surface area contributed by atoms with Gasteiger partial charge in [-0.05, 0) is 44.4 Å². The summed E-state index contributed by atoms with van der Waals surface area (Å²) in [6.45, 7) is 2.43. The zero-order valence-electron chi connectivity index (χ0n) is 12.1. The molecule has 0 saturated heterocycles. The summed E-state index contributed by atoms with van der Waals surface area (Å²) in [5.41, 5.74) is -0.806. The molecule has 0 aliphatic heterocycles. The molecule has 0 aromatic rings. The minimum absolute atomic E-state index is 0.207. The minimum Gasteiger partial charge on any atom is -0.481 e. The molecule has 2 fully saturated rings. The number of aliphatic hydroxyl groups is 1. The second-order valence-corrected chi connectivity index (χ2v) is 6.61. The Balaban J connectivity index is 1.84. The van der Waals surface area contributed by atoms with Crippen LogP contribution in [0.5, 0.6) is 0 Å². The molecule has 2 aliphatic rings. The van der Waals surface area contributed by atoms with Crippen LogP contribution in [0.3, 0.4) is 0 Å². The molecule has 0 aromatic carbocycles. The fraction of sp³-hybridized carbons (Fsp3) is 0.867. The van der Waals surface area contributed by atoms with Gasteiger partial charge < -0.3 is 15.5 Å². The van der Waals surface area contributed by atoms with Crippen molar-refractivity contribution in [2.45, 2.75) is 57.5 Å². The Morgan fingerprint density at radius 2 is 1.75 bits per heavy atom. The number of aliphatic carboxylic acids is 1. The first-order valence-electron chi connectivity index (χ1n) is 7.64. The lowest BCUT2D eigenvalue weighted by Crippen LogP contribution is -2.47. The van der Waals surface area contributed by atoms with Crippen LogP contribution >= 0.6 is 0 Å². The number of carboxylic acid groups (broad SMARTS) is 1. The molecular formula is C15H25NO4. The van der Waals surface area contributed by atoms with Crippen LogP contribution < -0.4 is 5.32 Å². The molecule has 20 heavy (non-hydrogen) atoms. The number of hydrogen-bond donors (Lipinski definition) is 3. The van der Waals surface area contributed by atoms with E-state index >= 15 is 0 Å². The van der Waals surface area contributed by atoms with Crippen LogP contribution in [0.1, 0.15) is 51.9 Å². The lowest BCUT2D eigenvalue weighted by molar-refractivity contribution is -0.146. The fourth-order valence-corrected chi connectivity index (χ4v) is 3.43. The SMILES string of the molecule is CC1CCC(O)(CNC(=O)C2CCCC2C(=O)O)CC1. The van der Waals surface area contributed by atoms with E-state index in [4.69, 9.17) is 5.11 Å². The van der Waals surface area contributed by atoms with Crippen LogP contribution in [0.4, 0.5) is 0 Å². The van der Waals surface area contributed by atoms with Crippen molar-refractivity contribution in [1.29, 1.82) is 0 Å². The molecule has 2 aliphatic carbocycles. The quantitative estimate of drug-likeness (QED) is 0.730. The molecule has 0 spiro atoms. The summed E-state index contributed by atoms with van der Waals surface area (Å²) >= 11 is 0. The first-order valence-corrected chi connectivity index (χ1v) is 7.64. The van der Waals surface area contributed by atoms with Crippen molar-refractivity contribution < 1.29 is 19.8 Å². The van der Waals surface area contributed by atoms with Crippen LogP contribution in [0.2, 0.25) is 0 Å². The monoisotopic (exact) mass is 283 g/mol. The Labute approximate surface area is 119 Å². The van der Waals surface area contributed by atoms with Crippen molar-refractivity contribution in [3.8, 4) is 0 Å². The Morgan fingerprint density at radius 3 is 2.35 bits per heavy atom. The molecule has 3 N–H and O–H groups in total. The van der Waals surface area contributed by atoms with E-state index in [1.807, 2.05) is 0 Å².